The molecule has 0 aromatic heterocycles. The van der Waals surface area contributed by atoms with E-state index in [1.807, 2.05) is 84.9 Å². The van der Waals surface area contributed by atoms with Crippen molar-refractivity contribution in [2.75, 3.05) is 0 Å². The molecule has 3 aromatic rings. The Labute approximate surface area is 145 Å². The summed E-state index contributed by atoms with van der Waals surface area (Å²) in [5.74, 6) is 3.80. The molecule has 0 amide bonds. The molecule has 130 valence electrons. The van der Waals surface area contributed by atoms with Crippen molar-refractivity contribution < 1.29 is 28.7 Å². The van der Waals surface area contributed by atoms with Crippen molar-refractivity contribution in [3.8, 4) is 23.0 Å². The molecular formula is C18H17O6P. The summed E-state index contributed by atoms with van der Waals surface area (Å²) in [4.78, 5) is 21.6. The standard InChI is InChI=1S/C12H10O.C6H4O.H3O4P/c1-3-7-11(8-4-1)13-12-9-5-2-6-10-12;1-2-4-6-5(3-1)7-6;1-5(2,3)4/h1-10H;1-4H;(H3,1,2,3,4). The molecule has 0 aliphatic carbocycles. The smallest absolute Gasteiger partial charge is 0.457 e. The van der Waals surface area contributed by atoms with Gasteiger partial charge in [-0.15, -0.1) is 0 Å². The van der Waals surface area contributed by atoms with Crippen molar-refractivity contribution in [2.24, 2.45) is 0 Å². The quantitative estimate of drug-likeness (QED) is 0.363. The highest BCUT2D eigenvalue weighted by atomic mass is 31.2. The van der Waals surface area contributed by atoms with Gasteiger partial charge in [0.05, 0.1) is 0 Å². The SMILES string of the molecule is O=P(O)(O)O.c1ccc(Oc2ccccc2)cc1.c1ccc2c(c1)O2. The van der Waals surface area contributed by atoms with E-state index in [9.17, 15) is 0 Å². The van der Waals surface area contributed by atoms with E-state index in [1.165, 1.54) is 0 Å². The van der Waals surface area contributed by atoms with E-state index in [1.54, 1.807) is 0 Å². The van der Waals surface area contributed by atoms with E-state index in [0.717, 1.165) is 23.0 Å². The lowest BCUT2D eigenvalue weighted by atomic mass is 10.3. The summed E-state index contributed by atoms with van der Waals surface area (Å²) in [5.41, 5.74) is 0. The van der Waals surface area contributed by atoms with Gasteiger partial charge in [-0.1, -0.05) is 48.5 Å². The molecule has 7 heteroatoms. The summed E-state index contributed by atoms with van der Waals surface area (Å²) in [6.07, 6.45) is 0. The summed E-state index contributed by atoms with van der Waals surface area (Å²) in [5, 5.41) is 0. The Hall–Kier alpha value is -2.63. The zero-order valence-electron chi connectivity index (χ0n) is 13.1. The van der Waals surface area contributed by atoms with Crippen LogP contribution in [0.3, 0.4) is 0 Å². The fraction of sp³-hybridized carbons (Fsp3) is 0. The molecule has 0 saturated carbocycles. The Morgan fingerprint density at radius 2 is 0.960 bits per heavy atom. The maximum Gasteiger partial charge on any atom is 0.466 e. The fourth-order valence-corrected chi connectivity index (χ4v) is 1.72. The van der Waals surface area contributed by atoms with Crippen LogP contribution < -0.4 is 9.47 Å². The van der Waals surface area contributed by atoms with Crippen molar-refractivity contribution >= 4 is 7.82 Å². The number of rotatable bonds is 2. The number of ether oxygens (including phenoxy) is 2. The highest BCUT2D eigenvalue weighted by molar-refractivity contribution is 7.45. The normalized spacial score (nSPS) is 10.7. The summed E-state index contributed by atoms with van der Waals surface area (Å²) in [6.45, 7) is 0. The second kappa shape index (κ2) is 9.01. The first-order chi connectivity index (χ1) is 11.9. The Kier molecular flexibility index (Phi) is 6.74. The molecule has 0 saturated heterocycles. The number of phosphoric acid groups is 1. The van der Waals surface area contributed by atoms with Gasteiger partial charge in [-0.25, -0.2) is 4.57 Å². The molecule has 3 N–H and O–H groups in total. The van der Waals surface area contributed by atoms with Crippen LogP contribution in [0.2, 0.25) is 0 Å². The monoisotopic (exact) mass is 360 g/mol. The molecule has 0 bridgehead atoms. The highest BCUT2D eigenvalue weighted by Crippen LogP contribution is 2.43. The predicted octanol–water partition coefficient (Wildman–Crippen LogP) is 4.34. The minimum absolute atomic E-state index is 0.869. The largest absolute Gasteiger partial charge is 0.466 e. The van der Waals surface area contributed by atoms with Gasteiger partial charge in [0.25, 0.3) is 0 Å². The van der Waals surface area contributed by atoms with Crippen LogP contribution in [0.1, 0.15) is 0 Å². The molecule has 1 aliphatic heterocycles. The van der Waals surface area contributed by atoms with Gasteiger partial charge in [-0.05, 0) is 36.4 Å². The number of hydrogen-bond acceptors (Lipinski definition) is 3. The molecule has 6 nitrogen and oxygen atoms in total. The maximum atomic E-state index is 8.88. The van der Waals surface area contributed by atoms with Gasteiger partial charge in [-0.2, -0.15) is 0 Å². The lowest BCUT2D eigenvalue weighted by Gasteiger charge is -2.03. The molecule has 0 unspecified atom stereocenters. The topological polar surface area (TPSA) is 99.5 Å². The number of hydrogen-bond donors (Lipinski definition) is 3. The third kappa shape index (κ3) is 8.69. The highest BCUT2D eigenvalue weighted by Gasteiger charge is 2.15. The van der Waals surface area contributed by atoms with Crippen LogP contribution in [0.15, 0.2) is 84.9 Å². The Balaban J connectivity index is 0.000000157. The summed E-state index contributed by atoms with van der Waals surface area (Å²) >= 11 is 0. The average Bonchev–Trinajstić information content (AvgIpc) is 3.35. The first-order valence-electron chi connectivity index (χ1n) is 7.25. The molecule has 4 rings (SSSR count). The summed E-state index contributed by atoms with van der Waals surface area (Å²) in [7, 11) is -4.64. The molecule has 0 atom stereocenters. The van der Waals surface area contributed by atoms with Crippen LogP contribution in [0, 0.1) is 0 Å². The lowest BCUT2D eigenvalue weighted by molar-refractivity contribution is 0.275. The van der Waals surface area contributed by atoms with E-state index in [2.05, 4.69) is 0 Å². The zero-order chi connectivity index (χ0) is 18.1. The molecule has 25 heavy (non-hydrogen) atoms. The van der Waals surface area contributed by atoms with Gasteiger partial charge in [0, 0.05) is 0 Å². The van der Waals surface area contributed by atoms with Gasteiger partial charge in [0.2, 0.25) is 0 Å². The third-order valence-corrected chi connectivity index (χ3v) is 2.75. The second-order valence-corrected chi connectivity index (χ2v) is 5.82. The van der Waals surface area contributed by atoms with E-state index in [-0.39, 0.29) is 0 Å². The summed E-state index contributed by atoms with van der Waals surface area (Å²) in [6, 6.07) is 27.4. The van der Waals surface area contributed by atoms with Gasteiger partial charge < -0.3 is 24.2 Å². The third-order valence-electron chi connectivity index (χ3n) is 2.75. The van der Waals surface area contributed by atoms with Crippen molar-refractivity contribution in [1.29, 1.82) is 0 Å². The lowest BCUT2D eigenvalue weighted by Crippen LogP contribution is -1.81. The Morgan fingerprint density at radius 1 is 0.640 bits per heavy atom. The van der Waals surface area contributed by atoms with Crippen LogP contribution in [0.5, 0.6) is 23.0 Å². The van der Waals surface area contributed by atoms with Crippen LogP contribution in [0.25, 0.3) is 0 Å². The average molecular weight is 360 g/mol. The minimum atomic E-state index is -4.64. The molecule has 0 fully saturated rings. The Morgan fingerprint density at radius 3 is 1.28 bits per heavy atom. The number of benzene rings is 3. The van der Waals surface area contributed by atoms with E-state index >= 15 is 0 Å². The molecule has 0 spiro atoms. The van der Waals surface area contributed by atoms with Crippen LogP contribution >= 0.6 is 7.82 Å². The van der Waals surface area contributed by atoms with Gasteiger partial charge >= 0.3 is 7.82 Å². The second-order valence-electron chi connectivity index (χ2n) is 4.79. The number of fused-ring (bicyclic) bond motifs is 1. The van der Waals surface area contributed by atoms with Gasteiger partial charge in [-0.3, -0.25) is 0 Å². The van der Waals surface area contributed by atoms with Gasteiger partial charge in [0.15, 0.2) is 11.5 Å². The maximum absolute atomic E-state index is 8.88. The van der Waals surface area contributed by atoms with E-state index in [4.69, 9.17) is 28.7 Å². The molecular weight excluding hydrogens is 343 g/mol. The first-order valence-corrected chi connectivity index (χ1v) is 8.81. The van der Waals surface area contributed by atoms with Crippen LogP contribution in [-0.2, 0) is 4.57 Å². The number of para-hydroxylation sites is 4. The zero-order valence-corrected chi connectivity index (χ0v) is 14.0. The first kappa shape index (κ1) is 18.7. The van der Waals surface area contributed by atoms with Gasteiger partial charge in [0.1, 0.15) is 11.5 Å². The van der Waals surface area contributed by atoms with Crippen molar-refractivity contribution in [3.63, 3.8) is 0 Å². The molecule has 3 aromatic carbocycles. The van der Waals surface area contributed by atoms with E-state index in [0.29, 0.717) is 0 Å². The van der Waals surface area contributed by atoms with Crippen LogP contribution in [-0.4, -0.2) is 14.7 Å². The Bertz CT molecular complexity index is 750. The molecule has 0 radical (unpaired) electrons. The van der Waals surface area contributed by atoms with Crippen molar-refractivity contribution in [1.82, 2.24) is 0 Å². The molecule has 1 heterocycles. The van der Waals surface area contributed by atoms with Crippen molar-refractivity contribution in [3.05, 3.63) is 84.9 Å². The predicted molar refractivity (Wildman–Crippen MR) is 93.7 cm³/mol. The fourth-order valence-electron chi connectivity index (χ4n) is 1.72. The van der Waals surface area contributed by atoms with E-state index < -0.39 is 7.82 Å². The van der Waals surface area contributed by atoms with Crippen molar-refractivity contribution in [2.45, 2.75) is 0 Å². The van der Waals surface area contributed by atoms with Crippen LogP contribution in [0.4, 0.5) is 0 Å². The summed E-state index contributed by atoms with van der Waals surface area (Å²) < 4.78 is 19.4. The molecule has 1 aliphatic rings. The minimum Gasteiger partial charge on any atom is -0.457 e.